The minimum absolute atomic E-state index is 0.183. The second-order valence-electron chi connectivity index (χ2n) is 4.45. The zero-order valence-electron chi connectivity index (χ0n) is 11.5. The average molecular weight is 268 g/mol. The first-order valence-electron chi connectivity index (χ1n) is 6.19. The van der Waals surface area contributed by atoms with Crippen molar-refractivity contribution in [1.82, 2.24) is 9.78 Å². The SMILES string of the molecule is Cc1cc(C#CCN)cc(C(=O)Nc2cnn(C)c2)c1. The summed E-state index contributed by atoms with van der Waals surface area (Å²) >= 11 is 0. The number of nitrogens with two attached hydrogens (primary N) is 1. The number of benzene rings is 1. The van der Waals surface area contributed by atoms with Gasteiger partial charge in [0.05, 0.1) is 18.4 Å². The van der Waals surface area contributed by atoms with E-state index in [9.17, 15) is 4.79 Å². The molecule has 2 rings (SSSR count). The Morgan fingerprint density at radius 3 is 2.90 bits per heavy atom. The van der Waals surface area contributed by atoms with Crippen molar-refractivity contribution in [3.8, 4) is 11.8 Å². The summed E-state index contributed by atoms with van der Waals surface area (Å²) in [5.74, 6) is 5.54. The molecule has 102 valence electrons. The Morgan fingerprint density at radius 2 is 2.25 bits per heavy atom. The molecule has 0 aliphatic carbocycles. The van der Waals surface area contributed by atoms with E-state index in [0.717, 1.165) is 11.1 Å². The summed E-state index contributed by atoms with van der Waals surface area (Å²) < 4.78 is 1.63. The minimum atomic E-state index is -0.183. The molecule has 20 heavy (non-hydrogen) atoms. The van der Waals surface area contributed by atoms with Crippen LogP contribution in [0.5, 0.6) is 0 Å². The second kappa shape index (κ2) is 6.04. The maximum Gasteiger partial charge on any atom is 0.255 e. The number of rotatable bonds is 2. The van der Waals surface area contributed by atoms with Crippen LogP contribution in [0.15, 0.2) is 30.6 Å². The molecule has 0 aliphatic heterocycles. The van der Waals surface area contributed by atoms with Gasteiger partial charge in [0, 0.05) is 24.4 Å². The van der Waals surface area contributed by atoms with E-state index in [4.69, 9.17) is 5.73 Å². The van der Waals surface area contributed by atoms with Crippen molar-refractivity contribution in [2.24, 2.45) is 12.8 Å². The molecule has 0 saturated heterocycles. The van der Waals surface area contributed by atoms with Crippen LogP contribution in [0.2, 0.25) is 0 Å². The highest BCUT2D eigenvalue weighted by molar-refractivity contribution is 6.04. The van der Waals surface area contributed by atoms with E-state index in [1.165, 1.54) is 0 Å². The lowest BCUT2D eigenvalue weighted by atomic mass is 10.1. The van der Waals surface area contributed by atoms with Crippen molar-refractivity contribution >= 4 is 11.6 Å². The van der Waals surface area contributed by atoms with E-state index in [1.54, 1.807) is 30.2 Å². The van der Waals surface area contributed by atoms with Gasteiger partial charge in [0.2, 0.25) is 0 Å². The topological polar surface area (TPSA) is 72.9 Å². The highest BCUT2D eigenvalue weighted by Crippen LogP contribution is 2.12. The van der Waals surface area contributed by atoms with Gasteiger partial charge in [-0.05, 0) is 30.7 Å². The zero-order valence-corrected chi connectivity index (χ0v) is 11.5. The number of carbonyl (C=O) groups is 1. The third-order valence-electron chi connectivity index (χ3n) is 2.64. The van der Waals surface area contributed by atoms with Gasteiger partial charge in [-0.3, -0.25) is 9.48 Å². The predicted molar refractivity (Wildman–Crippen MR) is 78.3 cm³/mol. The van der Waals surface area contributed by atoms with Crippen molar-refractivity contribution in [3.05, 3.63) is 47.3 Å². The van der Waals surface area contributed by atoms with Crippen molar-refractivity contribution in [3.63, 3.8) is 0 Å². The smallest absolute Gasteiger partial charge is 0.255 e. The fraction of sp³-hybridized carbons (Fsp3) is 0.200. The van der Waals surface area contributed by atoms with Crippen molar-refractivity contribution < 1.29 is 4.79 Å². The van der Waals surface area contributed by atoms with Crippen LogP contribution in [0.3, 0.4) is 0 Å². The van der Waals surface area contributed by atoms with Crippen LogP contribution < -0.4 is 11.1 Å². The fourth-order valence-electron chi connectivity index (χ4n) is 1.83. The largest absolute Gasteiger partial charge is 0.320 e. The van der Waals surface area contributed by atoms with Gasteiger partial charge in [-0.1, -0.05) is 11.8 Å². The molecule has 1 aromatic carbocycles. The van der Waals surface area contributed by atoms with E-state index >= 15 is 0 Å². The summed E-state index contributed by atoms with van der Waals surface area (Å²) in [7, 11) is 1.79. The summed E-state index contributed by atoms with van der Waals surface area (Å²) in [5.41, 5.74) is 8.34. The van der Waals surface area contributed by atoms with E-state index in [2.05, 4.69) is 22.3 Å². The van der Waals surface area contributed by atoms with Gasteiger partial charge in [0.15, 0.2) is 0 Å². The van der Waals surface area contributed by atoms with Gasteiger partial charge in [0.25, 0.3) is 5.91 Å². The van der Waals surface area contributed by atoms with Crippen LogP contribution >= 0.6 is 0 Å². The molecule has 0 saturated carbocycles. The van der Waals surface area contributed by atoms with Gasteiger partial charge < -0.3 is 11.1 Å². The van der Waals surface area contributed by atoms with Gasteiger partial charge in [-0.25, -0.2) is 0 Å². The summed E-state index contributed by atoms with van der Waals surface area (Å²) in [5, 5.41) is 6.80. The fourth-order valence-corrected chi connectivity index (χ4v) is 1.83. The standard InChI is InChI=1S/C15H16N4O/c1-11-6-12(4-3-5-16)8-13(7-11)15(20)18-14-9-17-19(2)10-14/h6-10H,5,16H2,1-2H3,(H,18,20). The monoisotopic (exact) mass is 268 g/mol. The summed E-state index contributed by atoms with van der Waals surface area (Å²) in [6.07, 6.45) is 3.34. The Kier molecular flexibility index (Phi) is 4.18. The molecule has 0 bridgehead atoms. The maximum atomic E-state index is 12.2. The number of hydrogen-bond donors (Lipinski definition) is 2. The number of amides is 1. The number of anilines is 1. The molecular formula is C15H16N4O. The third-order valence-corrected chi connectivity index (χ3v) is 2.64. The van der Waals surface area contributed by atoms with Crippen LogP contribution in [0.1, 0.15) is 21.5 Å². The number of aromatic nitrogens is 2. The third kappa shape index (κ3) is 3.46. The summed E-state index contributed by atoms with van der Waals surface area (Å²) in [6.45, 7) is 2.22. The molecule has 0 atom stereocenters. The van der Waals surface area contributed by atoms with E-state index < -0.39 is 0 Å². The molecule has 0 radical (unpaired) electrons. The van der Waals surface area contributed by atoms with Gasteiger partial charge in [-0.2, -0.15) is 5.10 Å². The highest BCUT2D eigenvalue weighted by Gasteiger charge is 2.08. The molecular weight excluding hydrogens is 252 g/mol. The molecule has 0 aliphatic rings. The van der Waals surface area contributed by atoms with Crippen molar-refractivity contribution in [2.45, 2.75) is 6.92 Å². The number of carbonyl (C=O) groups excluding carboxylic acids is 1. The van der Waals surface area contributed by atoms with E-state index in [1.807, 2.05) is 19.1 Å². The quantitative estimate of drug-likeness (QED) is 0.806. The first kappa shape index (κ1) is 13.8. The Labute approximate surface area is 117 Å². The number of aryl methyl sites for hydroxylation is 2. The average Bonchev–Trinajstić information content (AvgIpc) is 2.81. The predicted octanol–water partition coefficient (Wildman–Crippen LogP) is 1.29. The van der Waals surface area contributed by atoms with E-state index in [-0.39, 0.29) is 5.91 Å². The minimum Gasteiger partial charge on any atom is -0.320 e. The molecule has 5 heteroatoms. The Balaban J connectivity index is 2.23. The normalized spacial score (nSPS) is 9.75. The lowest BCUT2D eigenvalue weighted by molar-refractivity contribution is 0.102. The van der Waals surface area contributed by atoms with Crippen LogP contribution in [0.4, 0.5) is 5.69 Å². The zero-order chi connectivity index (χ0) is 14.5. The number of hydrogen-bond acceptors (Lipinski definition) is 3. The summed E-state index contributed by atoms with van der Waals surface area (Å²) in [4.78, 5) is 12.2. The Hall–Kier alpha value is -2.58. The Bertz CT molecular complexity index is 691. The molecule has 1 heterocycles. The van der Waals surface area contributed by atoms with Gasteiger partial charge in [0.1, 0.15) is 0 Å². The molecule has 0 fully saturated rings. The van der Waals surface area contributed by atoms with Crippen LogP contribution in [-0.2, 0) is 7.05 Å². The van der Waals surface area contributed by atoms with Crippen molar-refractivity contribution in [2.75, 3.05) is 11.9 Å². The molecule has 2 aromatic rings. The van der Waals surface area contributed by atoms with Crippen LogP contribution in [0, 0.1) is 18.8 Å². The van der Waals surface area contributed by atoms with E-state index in [0.29, 0.717) is 17.8 Å². The molecule has 1 amide bonds. The molecule has 3 N–H and O–H groups in total. The number of nitrogens with one attached hydrogen (secondary N) is 1. The van der Waals surface area contributed by atoms with Crippen LogP contribution in [-0.4, -0.2) is 22.2 Å². The molecule has 0 unspecified atom stereocenters. The van der Waals surface area contributed by atoms with Gasteiger partial charge >= 0.3 is 0 Å². The molecule has 0 spiro atoms. The second-order valence-corrected chi connectivity index (χ2v) is 4.45. The van der Waals surface area contributed by atoms with Crippen LogP contribution in [0.25, 0.3) is 0 Å². The molecule has 5 nitrogen and oxygen atoms in total. The first-order chi connectivity index (χ1) is 9.58. The maximum absolute atomic E-state index is 12.2. The highest BCUT2D eigenvalue weighted by atomic mass is 16.1. The lowest BCUT2D eigenvalue weighted by Gasteiger charge is -2.04. The Morgan fingerprint density at radius 1 is 1.45 bits per heavy atom. The first-order valence-corrected chi connectivity index (χ1v) is 6.19. The number of nitrogens with zero attached hydrogens (tertiary/aromatic N) is 2. The lowest BCUT2D eigenvalue weighted by Crippen LogP contribution is -2.12. The van der Waals surface area contributed by atoms with Gasteiger partial charge in [-0.15, -0.1) is 0 Å². The van der Waals surface area contributed by atoms with Crippen molar-refractivity contribution in [1.29, 1.82) is 0 Å². The summed E-state index contributed by atoms with van der Waals surface area (Å²) in [6, 6.07) is 5.49. The molecule has 1 aromatic heterocycles.